The fourth-order valence-corrected chi connectivity index (χ4v) is 4.26. The first-order valence-electron chi connectivity index (χ1n) is 8.50. The van der Waals surface area contributed by atoms with Gasteiger partial charge in [-0.1, -0.05) is 30.3 Å². The highest BCUT2D eigenvalue weighted by atomic mass is 16.5. The molecule has 2 N–H and O–H groups in total. The van der Waals surface area contributed by atoms with Crippen LogP contribution in [0.2, 0.25) is 0 Å². The minimum atomic E-state index is -0.271. The van der Waals surface area contributed by atoms with Gasteiger partial charge in [-0.25, -0.2) is 4.79 Å². The maximum absolute atomic E-state index is 12.2. The molecule has 2 saturated heterocycles. The number of rotatable bonds is 5. The molecular formula is C18H24N2O2. The van der Waals surface area contributed by atoms with Crippen LogP contribution < -0.4 is 10.6 Å². The zero-order valence-corrected chi connectivity index (χ0v) is 12.9. The van der Waals surface area contributed by atoms with Gasteiger partial charge >= 0.3 is 6.09 Å². The van der Waals surface area contributed by atoms with Crippen molar-refractivity contribution in [2.45, 2.75) is 62.8 Å². The second-order valence-corrected chi connectivity index (χ2v) is 7.10. The number of carbonyl (C=O) groups is 1. The van der Waals surface area contributed by atoms with Gasteiger partial charge in [0.25, 0.3) is 0 Å². The monoisotopic (exact) mass is 300 g/mol. The van der Waals surface area contributed by atoms with Gasteiger partial charge in [0.1, 0.15) is 6.61 Å². The Morgan fingerprint density at radius 2 is 1.95 bits per heavy atom. The summed E-state index contributed by atoms with van der Waals surface area (Å²) in [7, 11) is 0. The molecule has 1 atom stereocenters. The Bertz CT molecular complexity index is 533. The van der Waals surface area contributed by atoms with Crippen LogP contribution in [0.1, 0.15) is 44.1 Å². The summed E-state index contributed by atoms with van der Waals surface area (Å²) >= 11 is 0. The van der Waals surface area contributed by atoms with Crippen molar-refractivity contribution in [3.05, 3.63) is 35.9 Å². The molecule has 1 saturated carbocycles. The van der Waals surface area contributed by atoms with E-state index in [4.69, 9.17) is 4.74 Å². The van der Waals surface area contributed by atoms with Crippen molar-refractivity contribution in [2.75, 3.05) is 0 Å². The summed E-state index contributed by atoms with van der Waals surface area (Å²) in [4.78, 5) is 12.2. The van der Waals surface area contributed by atoms with Crippen molar-refractivity contribution in [1.82, 2.24) is 10.6 Å². The van der Waals surface area contributed by atoms with E-state index in [1.807, 2.05) is 30.3 Å². The normalized spacial score (nSPS) is 31.0. The molecule has 4 heteroatoms. The highest BCUT2D eigenvalue weighted by Crippen LogP contribution is 2.47. The summed E-state index contributed by atoms with van der Waals surface area (Å²) in [6.45, 7) is 0.340. The minimum absolute atomic E-state index is 0.137. The third-order valence-corrected chi connectivity index (χ3v) is 5.54. The Hall–Kier alpha value is -1.55. The lowest BCUT2D eigenvalue weighted by molar-refractivity contribution is 0.124. The molecule has 1 aromatic rings. The number of ether oxygens (including phenoxy) is 1. The van der Waals surface area contributed by atoms with Crippen molar-refractivity contribution in [1.29, 1.82) is 0 Å². The SMILES string of the molecule is O=C(NC(C1CC1)C12CCC(CC1)N2)OCc1ccccc1. The molecule has 0 radical (unpaired) electrons. The van der Waals surface area contributed by atoms with Gasteiger partial charge in [0.05, 0.1) is 6.04 Å². The van der Waals surface area contributed by atoms with E-state index in [0.717, 1.165) is 5.56 Å². The second kappa shape index (κ2) is 5.58. The minimum Gasteiger partial charge on any atom is -0.445 e. The van der Waals surface area contributed by atoms with Crippen LogP contribution in [0.25, 0.3) is 0 Å². The molecule has 2 aliphatic heterocycles. The zero-order chi connectivity index (χ0) is 15.0. The number of fused-ring (bicyclic) bond motifs is 2. The van der Waals surface area contributed by atoms with E-state index in [1.165, 1.54) is 38.5 Å². The average molecular weight is 300 g/mol. The fraction of sp³-hybridized carbons (Fsp3) is 0.611. The summed E-state index contributed by atoms with van der Waals surface area (Å²) in [5.74, 6) is 0.633. The third kappa shape index (κ3) is 2.72. The first-order chi connectivity index (χ1) is 10.8. The number of amides is 1. The van der Waals surface area contributed by atoms with E-state index in [9.17, 15) is 4.79 Å². The van der Waals surface area contributed by atoms with Crippen molar-refractivity contribution in [3.8, 4) is 0 Å². The number of hydrogen-bond acceptors (Lipinski definition) is 3. The highest BCUT2D eigenvalue weighted by molar-refractivity contribution is 5.68. The predicted molar refractivity (Wildman–Crippen MR) is 84.4 cm³/mol. The molecule has 0 aromatic heterocycles. The van der Waals surface area contributed by atoms with Gasteiger partial charge in [-0.3, -0.25) is 0 Å². The molecule has 3 fully saturated rings. The molecule has 1 unspecified atom stereocenters. The van der Waals surface area contributed by atoms with Crippen LogP contribution in [0.5, 0.6) is 0 Å². The molecule has 1 aliphatic carbocycles. The number of benzene rings is 1. The van der Waals surface area contributed by atoms with Crippen LogP contribution in [0.4, 0.5) is 4.79 Å². The van der Waals surface area contributed by atoms with Crippen LogP contribution in [0, 0.1) is 5.92 Å². The van der Waals surface area contributed by atoms with E-state index in [1.54, 1.807) is 0 Å². The Labute approximate surface area is 131 Å². The zero-order valence-electron chi connectivity index (χ0n) is 12.9. The standard InChI is InChI=1S/C18H24N2O2/c21-17(22-12-13-4-2-1-3-5-13)19-16(14-6-7-14)18-10-8-15(20-18)9-11-18/h1-5,14-16,20H,6-12H2,(H,19,21). The molecule has 4 rings (SSSR count). The van der Waals surface area contributed by atoms with Crippen molar-refractivity contribution >= 4 is 6.09 Å². The lowest BCUT2D eigenvalue weighted by Gasteiger charge is -2.36. The third-order valence-electron chi connectivity index (χ3n) is 5.54. The molecule has 1 aromatic carbocycles. The Kier molecular flexibility index (Phi) is 3.57. The topological polar surface area (TPSA) is 50.4 Å². The number of carbonyl (C=O) groups excluding carboxylic acids is 1. The van der Waals surface area contributed by atoms with E-state index >= 15 is 0 Å². The summed E-state index contributed by atoms with van der Waals surface area (Å²) in [6, 6.07) is 10.8. The Morgan fingerprint density at radius 1 is 1.23 bits per heavy atom. The summed E-state index contributed by atoms with van der Waals surface area (Å²) < 4.78 is 5.42. The number of alkyl carbamates (subject to hydrolysis) is 1. The predicted octanol–water partition coefficient (Wildman–Crippen LogP) is 2.98. The largest absolute Gasteiger partial charge is 0.445 e. The summed E-state index contributed by atoms with van der Waals surface area (Å²) in [5, 5.41) is 6.96. The first kappa shape index (κ1) is 14.1. The maximum atomic E-state index is 12.2. The number of nitrogens with one attached hydrogen (secondary N) is 2. The molecule has 3 aliphatic rings. The fourth-order valence-electron chi connectivity index (χ4n) is 4.26. The van der Waals surface area contributed by atoms with E-state index in [-0.39, 0.29) is 17.7 Å². The van der Waals surface area contributed by atoms with E-state index < -0.39 is 0 Å². The highest BCUT2D eigenvalue weighted by Gasteiger charge is 2.54. The molecule has 118 valence electrons. The van der Waals surface area contributed by atoms with E-state index in [2.05, 4.69) is 10.6 Å². The van der Waals surface area contributed by atoms with Crippen LogP contribution in [-0.4, -0.2) is 23.7 Å². The first-order valence-corrected chi connectivity index (χ1v) is 8.50. The van der Waals surface area contributed by atoms with Crippen LogP contribution in [-0.2, 0) is 11.3 Å². The van der Waals surface area contributed by atoms with Gasteiger partial charge in [-0.2, -0.15) is 0 Å². The molecule has 0 spiro atoms. The smallest absolute Gasteiger partial charge is 0.407 e. The maximum Gasteiger partial charge on any atom is 0.407 e. The van der Waals surface area contributed by atoms with Gasteiger partial charge in [-0.15, -0.1) is 0 Å². The quantitative estimate of drug-likeness (QED) is 0.879. The lowest BCUT2D eigenvalue weighted by Crippen LogP contribution is -2.57. The molecule has 2 heterocycles. The molecular weight excluding hydrogens is 276 g/mol. The Morgan fingerprint density at radius 3 is 2.55 bits per heavy atom. The van der Waals surface area contributed by atoms with Gasteiger partial charge in [0, 0.05) is 11.6 Å². The van der Waals surface area contributed by atoms with Gasteiger partial charge in [0.2, 0.25) is 0 Å². The van der Waals surface area contributed by atoms with E-state index in [0.29, 0.717) is 18.6 Å². The Balaban J connectivity index is 1.37. The van der Waals surface area contributed by atoms with Crippen molar-refractivity contribution in [2.24, 2.45) is 5.92 Å². The van der Waals surface area contributed by atoms with Crippen LogP contribution in [0.15, 0.2) is 30.3 Å². The molecule has 2 bridgehead atoms. The summed E-state index contributed by atoms with van der Waals surface area (Å²) in [6.07, 6.45) is 7.09. The summed E-state index contributed by atoms with van der Waals surface area (Å²) in [5.41, 5.74) is 1.16. The van der Waals surface area contributed by atoms with Crippen molar-refractivity contribution in [3.63, 3.8) is 0 Å². The van der Waals surface area contributed by atoms with Gasteiger partial charge < -0.3 is 15.4 Å². The second-order valence-electron chi connectivity index (χ2n) is 7.10. The number of hydrogen-bond donors (Lipinski definition) is 2. The van der Waals surface area contributed by atoms with Gasteiger partial charge in [0.15, 0.2) is 0 Å². The van der Waals surface area contributed by atoms with Gasteiger partial charge in [-0.05, 0) is 50.0 Å². The lowest BCUT2D eigenvalue weighted by atomic mass is 9.80. The van der Waals surface area contributed by atoms with Crippen LogP contribution in [0.3, 0.4) is 0 Å². The molecule has 4 nitrogen and oxygen atoms in total. The van der Waals surface area contributed by atoms with Crippen LogP contribution >= 0.6 is 0 Å². The van der Waals surface area contributed by atoms with Crippen molar-refractivity contribution < 1.29 is 9.53 Å². The molecule has 22 heavy (non-hydrogen) atoms. The average Bonchev–Trinajstić information content (AvgIpc) is 3.19. The molecule has 1 amide bonds.